The van der Waals surface area contributed by atoms with Crippen LogP contribution < -0.4 is 0 Å². The number of hydrogen-bond acceptors (Lipinski definition) is 2. The number of likely N-dealkylation sites (tertiary alicyclic amines) is 1. The molecule has 2 rings (SSSR count). The standard InChI is InChI=1S/C12H21NOS/c14-12(13-8-4-5-9-13)10-15-11-6-2-1-3-7-11/h11H,1-10H2. The lowest BCUT2D eigenvalue weighted by atomic mass is 10.0. The third-order valence-electron chi connectivity index (χ3n) is 3.45. The van der Waals surface area contributed by atoms with Gasteiger partial charge in [-0.1, -0.05) is 19.3 Å². The average molecular weight is 227 g/mol. The van der Waals surface area contributed by atoms with Gasteiger partial charge in [-0.3, -0.25) is 4.79 Å². The molecular weight excluding hydrogens is 206 g/mol. The molecule has 0 atom stereocenters. The molecule has 1 saturated heterocycles. The summed E-state index contributed by atoms with van der Waals surface area (Å²) in [5, 5.41) is 0.769. The van der Waals surface area contributed by atoms with Gasteiger partial charge in [-0.05, 0) is 25.7 Å². The molecule has 0 aromatic rings. The summed E-state index contributed by atoms with van der Waals surface area (Å²) in [6.45, 7) is 2.01. The van der Waals surface area contributed by atoms with Gasteiger partial charge >= 0.3 is 0 Å². The van der Waals surface area contributed by atoms with Gasteiger partial charge in [0.15, 0.2) is 0 Å². The highest BCUT2D eigenvalue weighted by Gasteiger charge is 2.20. The number of rotatable bonds is 3. The lowest BCUT2D eigenvalue weighted by molar-refractivity contribution is -0.127. The molecule has 15 heavy (non-hydrogen) atoms. The Bertz CT molecular complexity index is 208. The Morgan fingerprint density at radius 1 is 1.07 bits per heavy atom. The van der Waals surface area contributed by atoms with Crippen molar-refractivity contribution >= 4 is 17.7 Å². The van der Waals surface area contributed by atoms with Crippen molar-refractivity contribution < 1.29 is 4.79 Å². The second-order valence-electron chi connectivity index (χ2n) is 4.66. The summed E-state index contributed by atoms with van der Waals surface area (Å²) in [5.41, 5.74) is 0. The second-order valence-corrected chi connectivity index (χ2v) is 5.95. The van der Waals surface area contributed by atoms with Gasteiger partial charge in [0, 0.05) is 18.3 Å². The molecule has 1 aliphatic heterocycles. The normalized spacial score (nSPS) is 23.3. The maximum absolute atomic E-state index is 11.8. The quantitative estimate of drug-likeness (QED) is 0.739. The number of hydrogen-bond donors (Lipinski definition) is 0. The highest BCUT2D eigenvalue weighted by Crippen LogP contribution is 2.28. The smallest absolute Gasteiger partial charge is 0.232 e. The maximum Gasteiger partial charge on any atom is 0.232 e. The van der Waals surface area contributed by atoms with E-state index in [2.05, 4.69) is 0 Å². The number of nitrogens with zero attached hydrogens (tertiary/aromatic N) is 1. The lowest BCUT2D eigenvalue weighted by Crippen LogP contribution is -2.30. The summed E-state index contributed by atoms with van der Waals surface area (Å²) in [4.78, 5) is 13.8. The van der Waals surface area contributed by atoms with Crippen molar-refractivity contribution in [1.29, 1.82) is 0 Å². The van der Waals surface area contributed by atoms with E-state index < -0.39 is 0 Å². The average Bonchev–Trinajstić information content (AvgIpc) is 2.81. The molecule has 1 heterocycles. The zero-order valence-electron chi connectivity index (χ0n) is 9.41. The molecule has 0 spiro atoms. The van der Waals surface area contributed by atoms with Crippen LogP contribution in [0, 0.1) is 0 Å². The van der Waals surface area contributed by atoms with E-state index in [-0.39, 0.29) is 0 Å². The molecule has 2 aliphatic rings. The molecule has 1 aliphatic carbocycles. The second kappa shape index (κ2) is 5.78. The predicted octanol–water partition coefficient (Wildman–Crippen LogP) is 2.67. The zero-order valence-corrected chi connectivity index (χ0v) is 10.2. The van der Waals surface area contributed by atoms with Gasteiger partial charge in [0.25, 0.3) is 0 Å². The molecule has 0 unspecified atom stereocenters. The van der Waals surface area contributed by atoms with E-state index in [1.165, 1.54) is 44.9 Å². The molecule has 1 amide bonds. The van der Waals surface area contributed by atoms with Crippen LogP contribution in [0.25, 0.3) is 0 Å². The molecule has 0 N–H and O–H groups in total. The minimum atomic E-state index is 0.378. The minimum Gasteiger partial charge on any atom is -0.342 e. The van der Waals surface area contributed by atoms with Crippen LogP contribution in [-0.2, 0) is 4.79 Å². The number of carbonyl (C=O) groups is 1. The molecule has 0 aromatic heterocycles. The summed E-state index contributed by atoms with van der Waals surface area (Å²) < 4.78 is 0. The fourth-order valence-corrected chi connectivity index (χ4v) is 3.71. The Hall–Kier alpha value is -0.180. The van der Waals surface area contributed by atoms with Gasteiger partial charge in [0.2, 0.25) is 5.91 Å². The molecule has 1 saturated carbocycles. The van der Waals surface area contributed by atoms with Crippen molar-refractivity contribution in [3.63, 3.8) is 0 Å². The van der Waals surface area contributed by atoms with Crippen LogP contribution in [0.3, 0.4) is 0 Å². The predicted molar refractivity (Wildman–Crippen MR) is 65.1 cm³/mol. The van der Waals surface area contributed by atoms with E-state index >= 15 is 0 Å². The van der Waals surface area contributed by atoms with Crippen LogP contribution in [0.15, 0.2) is 0 Å². The zero-order chi connectivity index (χ0) is 10.5. The molecule has 2 nitrogen and oxygen atoms in total. The first-order valence-corrected chi connectivity index (χ1v) is 7.30. The SMILES string of the molecule is O=C(CSC1CCCCC1)N1CCCC1. The lowest BCUT2D eigenvalue weighted by Gasteiger charge is -2.22. The van der Waals surface area contributed by atoms with E-state index in [0.29, 0.717) is 5.91 Å². The maximum atomic E-state index is 11.8. The topological polar surface area (TPSA) is 20.3 Å². The van der Waals surface area contributed by atoms with E-state index in [0.717, 1.165) is 24.1 Å². The van der Waals surface area contributed by atoms with Crippen molar-refractivity contribution in [2.24, 2.45) is 0 Å². The molecule has 86 valence electrons. The van der Waals surface area contributed by atoms with Crippen LogP contribution in [-0.4, -0.2) is 34.9 Å². The van der Waals surface area contributed by atoms with Gasteiger partial charge in [-0.25, -0.2) is 0 Å². The van der Waals surface area contributed by atoms with E-state index in [1.807, 2.05) is 16.7 Å². The van der Waals surface area contributed by atoms with Crippen LogP contribution in [0.5, 0.6) is 0 Å². The Kier molecular flexibility index (Phi) is 4.36. The summed E-state index contributed by atoms with van der Waals surface area (Å²) in [6.07, 6.45) is 9.22. The first kappa shape index (κ1) is 11.3. The van der Waals surface area contributed by atoms with Crippen molar-refractivity contribution in [1.82, 2.24) is 4.90 Å². The summed E-state index contributed by atoms with van der Waals surface area (Å²) in [7, 11) is 0. The molecular formula is C12H21NOS. The van der Waals surface area contributed by atoms with Gasteiger partial charge in [-0.15, -0.1) is 11.8 Å². The van der Waals surface area contributed by atoms with Gasteiger partial charge in [0.1, 0.15) is 0 Å². The van der Waals surface area contributed by atoms with Gasteiger partial charge < -0.3 is 4.90 Å². The number of thioether (sulfide) groups is 1. The molecule has 0 radical (unpaired) electrons. The minimum absolute atomic E-state index is 0.378. The van der Waals surface area contributed by atoms with Crippen molar-refractivity contribution in [3.8, 4) is 0 Å². The first-order valence-electron chi connectivity index (χ1n) is 6.25. The summed E-state index contributed by atoms with van der Waals surface area (Å²) in [5.74, 6) is 1.10. The van der Waals surface area contributed by atoms with Crippen LogP contribution in [0.1, 0.15) is 44.9 Å². The molecule has 0 aromatic carbocycles. The van der Waals surface area contributed by atoms with Crippen molar-refractivity contribution in [3.05, 3.63) is 0 Å². The van der Waals surface area contributed by atoms with Crippen LogP contribution in [0.4, 0.5) is 0 Å². The van der Waals surface area contributed by atoms with E-state index in [4.69, 9.17) is 0 Å². The molecule has 0 bridgehead atoms. The van der Waals surface area contributed by atoms with Gasteiger partial charge in [0.05, 0.1) is 5.75 Å². The Morgan fingerprint density at radius 2 is 1.73 bits per heavy atom. The molecule has 3 heteroatoms. The van der Waals surface area contributed by atoms with Crippen LogP contribution in [0.2, 0.25) is 0 Å². The fourth-order valence-electron chi connectivity index (χ4n) is 2.48. The Morgan fingerprint density at radius 3 is 2.40 bits per heavy atom. The van der Waals surface area contributed by atoms with E-state index in [9.17, 15) is 4.79 Å². The summed E-state index contributed by atoms with van der Waals surface area (Å²) in [6, 6.07) is 0. The third kappa shape index (κ3) is 3.40. The van der Waals surface area contributed by atoms with Crippen LogP contribution >= 0.6 is 11.8 Å². The monoisotopic (exact) mass is 227 g/mol. The third-order valence-corrected chi connectivity index (χ3v) is 4.81. The Labute approximate surface area is 96.8 Å². The fraction of sp³-hybridized carbons (Fsp3) is 0.917. The Balaban J connectivity index is 1.65. The highest BCUT2D eigenvalue weighted by molar-refractivity contribution is 8.00. The van der Waals surface area contributed by atoms with Gasteiger partial charge in [-0.2, -0.15) is 0 Å². The summed E-state index contributed by atoms with van der Waals surface area (Å²) >= 11 is 1.90. The molecule has 2 fully saturated rings. The van der Waals surface area contributed by atoms with Crippen molar-refractivity contribution in [2.75, 3.05) is 18.8 Å². The first-order chi connectivity index (χ1) is 7.36. The largest absolute Gasteiger partial charge is 0.342 e. The number of carbonyl (C=O) groups excluding carboxylic acids is 1. The van der Waals surface area contributed by atoms with E-state index in [1.54, 1.807) is 0 Å². The number of amides is 1. The van der Waals surface area contributed by atoms with Crippen molar-refractivity contribution in [2.45, 2.75) is 50.2 Å². The highest BCUT2D eigenvalue weighted by atomic mass is 32.2.